The van der Waals surface area contributed by atoms with E-state index in [0.29, 0.717) is 11.5 Å². The molecule has 0 saturated carbocycles. The summed E-state index contributed by atoms with van der Waals surface area (Å²) < 4.78 is 5.35. The second-order valence-corrected chi connectivity index (χ2v) is 5.18. The monoisotopic (exact) mass is 300 g/mol. The Bertz CT molecular complexity index is 618. The number of aromatic amines is 1. The molecule has 1 aromatic carbocycles. The van der Waals surface area contributed by atoms with Gasteiger partial charge in [-0.15, -0.1) is 5.11 Å². The summed E-state index contributed by atoms with van der Waals surface area (Å²) in [5.74, 6) is 0.386. The van der Waals surface area contributed by atoms with Gasteiger partial charge in [-0.25, -0.2) is 0 Å². The minimum absolute atomic E-state index is 0.386. The summed E-state index contributed by atoms with van der Waals surface area (Å²) in [6, 6.07) is 9.58. The standard InChI is InChI=1S/C15H20N6O/c16-15-14(19-17-12-4-2-1-3-5-12)13(18-20-15)6-7-21-8-10-22-11-9-21/h1-5H,6-11H2,(H3,16,18,20). The quantitative estimate of drug-likeness (QED) is 0.829. The highest BCUT2D eigenvalue weighted by Crippen LogP contribution is 2.27. The normalized spacial score (nSPS) is 16.4. The van der Waals surface area contributed by atoms with Crippen molar-refractivity contribution in [3.63, 3.8) is 0 Å². The highest BCUT2D eigenvalue weighted by molar-refractivity contribution is 5.60. The predicted molar refractivity (Wildman–Crippen MR) is 84.6 cm³/mol. The minimum atomic E-state index is 0.386. The largest absolute Gasteiger partial charge is 0.380 e. The number of hydrogen-bond acceptors (Lipinski definition) is 6. The molecule has 1 aliphatic heterocycles. The number of aromatic nitrogens is 2. The average molecular weight is 300 g/mol. The summed E-state index contributed by atoms with van der Waals surface area (Å²) in [6.07, 6.45) is 0.813. The van der Waals surface area contributed by atoms with Gasteiger partial charge in [0.25, 0.3) is 0 Å². The van der Waals surface area contributed by atoms with Crippen LogP contribution in [0.2, 0.25) is 0 Å². The van der Waals surface area contributed by atoms with Crippen LogP contribution in [0.15, 0.2) is 40.6 Å². The number of nitrogens with zero attached hydrogens (tertiary/aromatic N) is 4. The zero-order valence-electron chi connectivity index (χ0n) is 12.4. The summed E-state index contributed by atoms with van der Waals surface area (Å²) in [5, 5.41) is 15.5. The number of H-pyrrole nitrogens is 1. The number of nitrogens with one attached hydrogen (secondary N) is 1. The van der Waals surface area contributed by atoms with Crippen molar-refractivity contribution in [1.82, 2.24) is 15.1 Å². The lowest BCUT2D eigenvalue weighted by Gasteiger charge is -2.26. The van der Waals surface area contributed by atoms with Crippen molar-refractivity contribution in [2.45, 2.75) is 6.42 Å². The molecule has 3 rings (SSSR count). The number of hydrogen-bond donors (Lipinski definition) is 2. The zero-order valence-corrected chi connectivity index (χ0v) is 12.4. The van der Waals surface area contributed by atoms with Crippen molar-refractivity contribution < 1.29 is 4.74 Å². The van der Waals surface area contributed by atoms with Crippen LogP contribution in [0, 0.1) is 0 Å². The highest BCUT2D eigenvalue weighted by atomic mass is 16.5. The molecule has 0 atom stereocenters. The van der Waals surface area contributed by atoms with Crippen LogP contribution in [0.25, 0.3) is 0 Å². The van der Waals surface area contributed by atoms with E-state index in [1.54, 1.807) is 0 Å². The molecule has 0 unspecified atom stereocenters. The van der Waals surface area contributed by atoms with Crippen molar-refractivity contribution in [2.24, 2.45) is 10.2 Å². The molecule has 0 radical (unpaired) electrons. The van der Waals surface area contributed by atoms with Gasteiger partial charge in [0.1, 0.15) is 0 Å². The Kier molecular flexibility index (Phi) is 4.77. The molecule has 0 aliphatic carbocycles. The number of anilines is 1. The smallest absolute Gasteiger partial charge is 0.173 e. The van der Waals surface area contributed by atoms with E-state index in [2.05, 4.69) is 25.3 Å². The first-order valence-corrected chi connectivity index (χ1v) is 7.42. The van der Waals surface area contributed by atoms with E-state index in [1.165, 1.54) is 0 Å². The van der Waals surface area contributed by atoms with Gasteiger partial charge in [0.2, 0.25) is 0 Å². The van der Waals surface area contributed by atoms with Crippen LogP contribution in [0.5, 0.6) is 0 Å². The number of rotatable bonds is 5. The lowest BCUT2D eigenvalue weighted by molar-refractivity contribution is 0.0383. The molecule has 116 valence electrons. The maximum atomic E-state index is 5.88. The first-order chi connectivity index (χ1) is 10.8. The summed E-state index contributed by atoms with van der Waals surface area (Å²) in [6.45, 7) is 4.45. The molecular formula is C15H20N6O. The number of nitrogen functional groups attached to an aromatic ring is 1. The van der Waals surface area contributed by atoms with Crippen molar-refractivity contribution in [1.29, 1.82) is 0 Å². The number of benzene rings is 1. The molecular weight excluding hydrogens is 280 g/mol. The van der Waals surface area contributed by atoms with E-state index < -0.39 is 0 Å². The highest BCUT2D eigenvalue weighted by Gasteiger charge is 2.14. The molecule has 1 aliphatic rings. The number of ether oxygens (including phenoxy) is 1. The number of azo groups is 1. The summed E-state index contributed by atoms with van der Waals surface area (Å²) in [7, 11) is 0. The van der Waals surface area contributed by atoms with E-state index in [-0.39, 0.29) is 0 Å². The van der Waals surface area contributed by atoms with Crippen molar-refractivity contribution in [3.05, 3.63) is 36.0 Å². The fourth-order valence-corrected chi connectivity index (χ4v) is 2.37. The second-order valence-electron chi connectivity index (χ2n) is 5.18. The molecule has 22 heavy (non-hydrogen) atoms. The van der Waals surface area contributed by atoms with Gasteiger partial charge in [0.15, 0.2) is 11.5 Å². The van der Waals surface area contributed by atoms with Gasteiger partial charge < -0.3 is 10.5 Å². The summed E-state index contributed by atoms with van der Waals surface area (Å²) in [4.78, 5) is 2.36. The fraction of sp³-hybridized carbons (Fsp3) is 0.400. The van der Waals surface area contributed by atoms with E-state index in [9.17, 15) is 0 Å². The molecule has 0 spiro atoms. The van der Waals surface area contributed by atoms with Crippen LogP contribution in [0.4, 0.5) is 17.2 Å². The van der Waals surface area contributed by atoms with E-state index in [1.807, 2.05) is 30.3 Å². The Labute approximate surface area is 129 Å². The predicted octanol–water partition coefficient (Wildman–Crippen LogP) is 2.28. The van der Waals surface area contributed by atoms with E-state index in [0.717, 1.165) is 50.7 Å². The first-order valence-electron chi connectivity index (χ1n) is 7.42. The van der Waals surface area contributed by atoms with Crippen molar-refractivity contribution in [2.75, 3.05) is 38.6 Å². The molecule has 1 fully saturated rings. The third-order valence-corrected chi connectivity index (χ3v) is 3.64. The lowest BCUT2D eigenvalue weighted by Crippen LogP contribution is -2.37. The van der Waals surface area contributed by atoms with Gasteiger partial charge in [-0.05, 0) is 12.1 Å². The lowest BCUT2D eigenvalue weighted by atomic mass is 10.2. The maximum absolute atomic E-state index is 5.88. The molecule has 1 aromatic heterocycles. The molecule has 7 heteroatoms. The summed E-state index contributed by atoms with van der Waals surface area (Å²) >= 11 is 0. The van der Waals surface area contributed by atoms with Crippen LogP contribution in [-0.4, -0.2) is 47.9 Å². The Morgan fingerprint density at radius 2 is 1.95 bits per heavy atom. The van der Waals surface area contributed by atoms with Crippen LogP contribution >= 0.6 is 0 Å². The summed E-state index contributed by atoms with van der Waals surface area (Å²) in [5.41, 5.74) is 8.23. The van der Waals surface area contributed by atoms with Gasteiger partial charge in [0, 0.05) is 26.1 Å². The minimum Gasteiger partial charge on any atom is -0.380 e. The van der Waals surface area contributed by atoms with Gasteiger partial charge in [-0.1, -0.05) is 18.2 Å². The van der Waals surface area contributed by atoms with Gasteiger partial charge in [-0.3, -0.25) is 10.00 Å². The molecule has 2 aromatic rings. The average Bonchev–Trinajstić information content (AvgIpc) is 2.93. The van der Waals surface area contributed by atoms with Gasteiger partial charge >= 0.3 is 0 Å². The Morgan fingerprint density at radius 3 is 2.73 bits per heavy atom. The Hall–Kier alpha value is -2.25. The van der Waals surface area contributed by atoms with E-state index in [4.69, 9.17) is 10.5 Å². The molecule has 0 amide bonds. The molecule has 7 nitrogen and oxygen atoms in total. The molecule has 3 N–H and O–H groups in total. The fourth-order valence-electron chi connectivity index (χ4n) is 2.37. The van der Waals surface area contributed by atoms with Gasteiger partial charge in [-0.2, -0.15) is 10.2 Å². The second kappa shape index (κ2) is 7.15. The van der Waals surface area contributed by atoms with Crippen LogP contribution < -0.4 is 5.73 Å². The van der Waals surface area contributed by atoms with Gasteiger partial charge in [0.05, 0.1) is 24.6 Å². The zero-order chi connectivity index (χ0) is 15.2. The van der Waals surface area contributed by atoms with Crippen LogP contribution in [0.3, 0.4) is 0 Å². The Balaban J connectivity index is 1.66. The molecule has 1 saturated heterocycles. The SMILES string of the molecule is Nc1n[nH]c(CCN2CCOCC2)c1N=Nc1ccccc1. The molecule has 2 heterocycles. The van der Waals surface area contributed by atoms with Crippen molar-refractivity contribution >= 4 is 17.2 Å². The molecule has 0 bridgehead atoms. The third-order valence-electron chi connectivity index (χ3n) is 3.64. The number of morpholine rings is 1. The first kappa shape index (κ1) is 14.7. The van der Waals surface area contributed by atoms with Crippen LogP contribution in [0.1, 0.15) is 5.69 Å². The third kappa shape index (κ3) is 3.69. The number of nitrogens with two attached hydrogens (primary N) is 1. The van der Waals surface area contributed by atoms with E-state index >= 15 is 0 Å². The van der Waals surface area contributed by atoms with Crippen molar-refractivity contribution in [3.8, 4) is 0 Å². The topological polar surface area (TPSA) is 91.9 Å². The van der Waals surface area contributed by atoms with Crippen LogP contribution in [-0.2, 0) is 11.2 Å². The maximum Gasteiger partial charge on any atom is 0.173 e. The Morgan fingerprint density at radius 1 is 1.18 bits per heavy atom.